The number of ether oxygens (including phenoxy) is 1. The van der Waals surface area contributed by atoms with Crippen LogP contribution in [-0.2, 0) is 4.74 Å². The van der Waals surface area contributed by atoms with Crippen LogP contribution in [0.2, 0.25) is 0 Å². The summed E-state index contributed by atoms with van der Waals surface area (Å²) in [5, 5.41) is 13.1. The molecule has 0 aliphatic carbocycles. The van der Waals surface area contributed by atoms with Crippen LogP contribution in [0.3, 0.4) is 0 Å². The van der Waals surface area contributed by atoms with Crippen LogP contribution < -0.4 is 11.5 Å². The maximum atomic E-state index is 6.21. The van der Waals surface area contributed by atoms with Crippen molar-refractivity contribution in [2.45, 2.75) is 25.5 Å². The van der Waals surface area contributed by atoms with Gasteiger partial charge in [-0.25, -0.2) is 4.68 Å². The molecule has 1 saturated heterocycles. The normalized spacial score (nSPS) is 18.3. The quantitative estimate of drug-likeness (QED) is 0.704. The largest absolute Gasteiger partial charge is 0.398 e. The van der Waals surface area contributed by atoms with Crippen molar-refractivity contribution in [2.24, 2.45) is 0 Å². The monoisotopic (exact) mass is 310 g/mol. The summed E-state index contributed by atoms with van der Waals surface area (Å²) in [6.45, 7) is 0.770. The predicted octanol–water partition coefficient (Wildman–Crippen LogP) is 2.36. The Labute approximate surface area is 133 Å². The van der Waals surface area contributed by atoms with Crippen molar-refractivity contribution in [1.82, 2.24) is 20.0 Å². The minimum absolute atomic E-state index is 0.0310. The number of fused-ring (bicyclic) bond motifs is 1. The molecule has 1 aliphatic heterocycles. The van der Waals surface area contributed by atoms with Gasteiger partial charge in [-0.15, -0.1) is 5.10 Å². The fourth-order valence-electron chi connectivity index (χ4n) is 3.03. The molecule has 1 aromatic carbocycles. The number of rotatable bonds is 2. The highest BCUT2D eigenvalue weighted by molar-refractivity contribution is 5.94. The van der Waals surface area contributed by atoms with Crippen molar-refractivity contribution in [1.29, 1.82) is 0 Å². The maximum Gasteiger partial charge on any atom is 0.150 e. The highest BCUT2D eigenvalue weighted by Gasteiger charge is 2.19. The fourth-order valence-corrected chi connectivity index (χ4v) is 3.03. The van der Waals surface area contributed by atoms with E-state index in [4.69, 9.17) is 16.2 Å². The second-order valence-corrected chi connectivity index (χ2v) is 5.78. The maximum absolute atomic E-state index is 6.21. The minimum Gasteiger partial charge on any atom is -0.398 e. The van der Waals surface area contributed by atoms with Gasteiger partial charge < -0.3 is 16.2 Å². The van der Waals surface area contributed by atoms with Gasteiger partial charge in [-0.3, -0.25) is 0 Å². The first kappa shape index (κ1) is 14.0. The molecule has 1 fully saturated rings. The van der Waals surface area contributed by atoms with E-state index in [0.29, 0.717) is 11.5 Å². The average Bonchev–Trinajstić information content (AvgIpc) is 3.00. The van der Waals surface area contributed by atoms with Crippen LogP contribution in [0.5, 0.6) is 0 Å². The van der Waals surface area contributed by atoms with Crippen LogP contribution in [0, 0.1) is 0 Å². The zero-order valence-corrected chi connectivity index (χ0v) is 12.6. The molecule has 0 bridgehead atoms. The van der Waals surface area contributed by atoms with Gasteiger partial charge in [0.1, 0.15) is 5.82 Å². The zero-order chi connectivity index (χ0) is 15.8. The summed E-state index contributed by atoms with van der Waals surface area (Å²) in [4.78, 5) is 0. The molecule has 1 unspecified atom stereocenters. The lowest BCUT2D eigenvalue weighted by atomic mass is 10.0. The summed E-state index contributed by atoms with van der Waals surface area (Å²) in [7, 11) is 0. The van der Waals surface area contributed by atoms with Crippen LogP contribution in [0.25, 0.3) is 22.0 Å². The molecule has 4 rings (SSSR count). The highest BCUT2D eigenvalue weighted by atomic mass is 16.5. The van der Waals surface area contributed by atoms with E-state index in [-0.39, 0.29) is 6.23 Å². The van der Waals surface area contributed by atoms with E-state index in [1.54, 1.807) is 18.5 Å². The highest BCUT2D eigenvalue weighted by Crippen LogP contribution is 2.32. The van der Waals surface area contributed by atoms with Gasteiger partial charge in [0.05, 0.1) is 17.9 Å². The van der Waals surface area contributed by atoms with Crippen LogP contribution in [-0.4, -0.2) is 26.6 Å². The van der Waals surface area contributed by atoms with Crippen LogP contribution in [0.1, 0.15) is 25.5 Å². The molecule has 0 amide bonds. The molecule has 3 aromatic rings. The van der Waals surface area contributed by atoms with Crippen molar-refractivity contribution in [3.63, 3.8) is 0 Å². The van der Waals surface area contributed by atoms with Gasteiger partial charge in [0.15, 0.2) is 6.23 Å². The van der Waals surface area contributed by atoms with Crippen molar-refractivity contribution in [3.05, 3.63) is 30.6 Å². The number of nitrogens with two attached hydrogens (primary N) is 2. The molecule has 23 heavy (non-hydrogen) atoms. The lowest BCUT2D eigenvalue weighted by Crippen LogP contribution is -2.19. The molecule has 7 heteroatoms. The van der Waals surface area contributed by atoms with Gasteiger partial charge >= 0.3 is 0 Å². The summed E-state index contributed by atoms with van der Waals surface area (Å²) in [5.74, 6) is 0.380. The first-order valence-electron chi connectivity index (χ1n) is 7.69. The third kappa shape index (κ3) is 2.49. The van der Waals surface area contributed by atoms with E-state index < -0.39 is 0 Å². The van der Waals surface area contributed by atoms with Crippen molar-refractivity contribution in [2.75, 3.05) is 18.1 Å². The summed E-state index contributed by atoms with van der Waals surface area (Å²) in [6.07, 6.45) is 6.65. The van der Waals surface area contributed by atoms with E-state index in [2.05, 4.69) is 15.3 Å². The Morgan fingerprint density at radius 3 is 2.78 bits per heavy atom. The van der Waals surface area contributed by atoms with E-state index in [9.17, 15) is 0 Å². The second kappa shape index (κ2) is 5.51. The summed E-state index contributed by atoms with van der Waals surface area (Å²) in [5.41, 5.74) is 15.4. The second-order valence-electron chi connectivity index (χ2n) is 5.78. The van der Waals surface area contributed by atoms with E-state index in [1.165, 1.54) is 0 Å². The molecular formula is C16H18N6O. The number of nitrogens with zero attached hydrogens (tertiary/aromatic N) is 4. The number of anilines is 2. The Morgan fingerprint density at radius 1 is 1.09 bits per heavy atom. The van der Waals surface area contributed by atoms with Gasteiger partial charge in [0.2, 0.25) is 0 Å². The zero-order valence-electron chi connectivity index (χ0n) is 12.6. The van der Waals surface area contributed by atoms with E-state index >= 15 is 0 Å². The first-order valence-corrected chi connectivity index (χ1v) is 7.69. The van der Waals surface area contributed by atoms with Gasteiger partial charge in [-0.05, 0) is 43.0 Å². The molecule has 4 N–H and O–H groups in total. The third-order valence-electron chi connectivity index (χ3n) is 4.18. The standard InChI is InChI=1S/C16H18N6O/c17-13-5-10(11-7-15(18)21-19-8-11)6-14-12(13)9-20-22(14)16-3-1-2-4-23-16/h5-9,16H,1-4,17H2,(H2,18,21). The number of hydrogen-bond donors (Lipinski definition) is 2. The molecule has 1 atom stereocenters. The number of benzene rings is 1. The molecular weight excluding hydrogens is 292 g/mol. The lowest BCUT2D eigenvalue weighted by molar-refractivity contribution is -0.0366. The van der Waals surface area contributed by atoms with Crippen LogP contribution in [0.4, 0.5) is 11.5 Å². The predicted molar refractivity (Wildman–Crippen MR) is 88.4 cm³/mol. The Bertz CT molecular complexity index is 853. The van der Waals surface area contributed by atoms with Crippen molar-refractivity contribution in [3.8, 4) is 11.1 Å². The molecule has 1 aliphatic rings. The molecule has 0 radical (unpaired) electrons. The SMILES string of the molecule is Nc1cc(-c2cc(N)c3cnn(C4CCCCO4)c3c2)cnn1. The van der Waals surface area contributed by atoms with Crippen molar-refractivity contribution < 1.29 is 4.74 Å². The smallest absolute Gasteiger partial charge is 0.150 e. The van der Waals surface area contributed by atoms with Gasteiger partial charge in [-0.2, -0.15) is 10.2 Å². The lowest BCUT2D eigenvalue weighted by Gasteiger charge is -2.23. The molecule has 2 aromatic heterocycles. The molecule has 118 valence electrons. The number of aromatic nitrogens is 4. The van der Waals surface area contributed by atoms with Crippen LogP contribution in [0.15, 0.2) is 30.6 Å². The van der Waals surface area contributed by atoms with E-state index in [0.717, 1.165) is 47.9 Å². The van der Waals surface area contributed by atoms with Gasteiger partial charge in [0.25, 0.3) is 0 Å². The Morgan fingerprint density at radius 2 is 2.00 bits per heavy atom. The topological polar surface area (TPSA) is 105 Å². The van der Waals surface area contributed by atoms with Gasteiger partial charge in [0, 0.05) is 23.2 Å². The van der Waals surface area contributed by atoms with Gasteiger partial charge in [-0.1, -0.05) is 0 Å². The Balaban J connectivity index is 1.84. The number of hydrogen-bond acceptors (Lipinski definition) is 6. The number of nitrogen functional groups attached to an aromatic ring is 2. The van der Waals surface area contributed by atoms with E-state index in [1.807, 2.05) is 16.8 Å². The Hall–Kier alpha value is -2.67. The molecule has 0 saturated carbocycles. The van der Waals surface area contributed by atoms with Crippen LogP contribution >= 0.6 is 0 Å². The molecule has 7 nitrogen and oxygen atoms in total. The average molecular weight is 310 g/mol. The summed E-state index contributed by atoms with van der Waals surface area (Å²) >= 11 is 0. The third-order valence-corrected chi connectivity index (χ3v) is 4.18. The molecule has 0 spiro atoms. The molecule has 3 heterocycles. The Kier molecular flexibility index (Phi) is 3.34. The summed E-state index contributed by atoms with van der Waals surface area (Å²) < 4.78 is 7.78. The minimum atomic E-state index is -0.0310. The first-order chi connectivity index (χ1) is 11.2. The summed E-state index contributed by atoms with van der Waals surface area (Å²) in [6, 6.07) is 5.74. The fraction of sp³-hybridized carbons (Fsp3) is 0.312. The van der Waals surface area contributed by atoms with Crippen molar-refractivity contribution >= 4 is 22.4 Å².